The predicted molar refractivity (Wildman–Crippen MR) is 72.4 cm³/mol. The highest BCUT2D eigenvalue weighted by Crippen LogP contribution is 2.30. The van der Waals surface area contributed by atoms with E-state index >= 15 is 0 Å². The van der Waals surface area contributed by atoms with E-state index in [0.29, 0.717) is 0 Å². The van der Waals surface area contributed by atoms with Crippen LogP contribution in [0, 0.1) is 5.41 Å². The van der Waals surface area contributed by atoms with E-state index in [4.69, 9.17) is 15.9 Å². The monoisotopic (exact) mass is 312 g/mol. The molecule has 0 bridgehead atoms. The second-order valence-corrected chi connectivity index (χ2v) is 4.27. The summed E-state index contributed by atoms with van der Waals surface area (Å²) in [6, 6.07) is 5.11. The smallest absolute Gasteiger partial charge is 0.416 e. The Morgan fingerprint density at radius 3 is 2.59 bits per heavy atom. The number of nitrogen functional groups attached to an aromatic ring is 1. The molecule has 0 unspecified atom stereocenters. The number of amidine groups is 1. The van der Waals surface area contributed by atoms with Gasteiger partial charge in [-0.05, 0) is 18.2 Å². The van der Waals surface area contributed by atoms with Gasteiger partial charge in [0.25, 0.3) is 5.56 Å². The molecule has 1 aromatic carbocycles. The van der Waals surface area contributed by atoms with E-state index < -0.39 is 23.1 Å². The highest BCUT2D eigenvalue weighted by molar-refractivity contribution is 5.95. The van der Waals surface area contributed by atoms with Crippen molar-refractivity contribution in [3.05, 3.63) is 51.9 Å². The average Bonchev–Trinajstić information content (AvgIpc) is 2.45. The summed E-state index contributed by atoms with van der Waals surface area (Å²) in [5.41, 5.74) is 3.47. The maximum absolute atomic E-state index is 12.7. The zero-order valence-electron chi connectivity index (χ0n) is 11.3. The minimum atomic E-state index is -4.55. The molecule has 22 heavy (non-hydrogen) atoms. The fraction of sp³-hybridized carbons (Fsp3) is 0.154. The van der Waals surface area contributed by atoms with Crippen molar-refractivity contribution < 1.29 is 17.9 Å². The lowest BCUT2D eigenvalue weighted by Gasteiger charge is -2.12. The topological polar surface area (TPSA) is 94.0 Å². The second-order valence-electron chi connectivity index (χ2n) is 4.27. The SMILES string of the molecule is COc1cc(=O)n(-c2cccc(C(F)(F)F)c2)nc1C(=N)N. The van der Waals surface area contributed by atoms with Crippen molar-refractivity contribution in [1.29, 1.82) is 5.41 Å². The lowest BCUT2D eigenvalue weighted by molar-refractivity contribution is -0.137. The van der Waals surface area contributed by atoms with Crippen LogP contribution < -0.4 is 16.0 Å². The number of halogens is 3. The molecule has 2 aromatic rings. The zero-order chi connectivity index (χ0) is 16.5. The van der Waals surface area contributed by atoms with Gasteiger partial charge in [-0.3, -0.25) is 10.2 Å². The van der Waals surface area contributed by atoms with Crippen LogP contribution in [0.25, 0.3) is 5.69 Å². The van der Waals surface area contributed by atoms with Gasteiger partial charge in [0.15, 0.2) is 11.4 Å². The van der Waals surface area contributed by atoms with Crippen molar-refractivity contribution in [2.45, 2.75) is 6.18 Å². The Kier molecular flexibility index (Phi) is 3.89. The normalized spacial score (nSPS) is 11.3. The van der Waals surface area contributed by atoms with Crippen LogP contribution in [0.4, 0.5) is 13.2 Å². The van der Waals surface area contributed by atoms with Crippen LogP contribution in [0.1, 0.15) is 11.3 Å². The predicted octanol–water partition coefficient (Wildman–Crippen LogP) is 1.54. The van der Waals surface area contributed by atoms with E-state index in [0.717, 1.165) is 28.9 Å². The van der Waals surface area contributed by atoms with E-state index in [1.54, 1.807) is 0 Å². The Balaban J connectivity index is 2.65. The Morgan fingerprint density at radius 1 is 1.36 bits per heavy atom. The molecule has 6 nitrogen and oxygen atoms in total. The molecule has 0 aliphatic rings. The molecule has 116 valence electrons. The number of alkyl halides is 3. The molecule has 0 aliphatic carbocycles. The molecule has 9 heteroatoms. The van der Waals surface area contributed by atoms with Gasteiger partial charge in [0, 0.05) is 6.07 Å². The van der Waals surface area contributed by atoms with Crippen molar-refractivity contribution in [3.63, 3.8) is 0 Å². The first-order valence-electron chi connectivity index (χ1n) is 5.94. The molecule has 0 aliphatic heterocycles. The number of hydrogen-bond donors (Lipinski definition) is 2. The molecule has 0 amide bonds. The van der Waals surface area contributed by atoms with Crippen LogP contribution in [-0.2, 0) is 6.18 Å². The summed E-state index contributed by atoms with van der Waals surface area (Å²) < 4.78 is 43.8. The molecular formula is C13H11F3N4O2. The van der Waals surface area contributed by atoms with Gasteiger partial charge >= 0.3 is 6.18 Å². The highest BCUT2D eigenvalue weighted by Gasteiger charge is 2.30. The molecule has 0 saturated carbocycles. The van der Waals surface area contributed by atoms with E-state index in [-0.39, 0.29) is 17.1 Å². The summed E-state index contributed by atoms with van der Waals surface area (Å²) in [4.78, 5) is 12.0. The fourth-order valence-electron chi connectivity index (χ4n) is 1.78. The van der Waals surface area contributed by atoms with Gasteiger partial charge < -0.3 is 10.5 Å². The molecule has 2 rings (SSSR count). The van der Waals surface area contributed by atoms with Crippen LogP contribution in [0.15, 0.2) is 35.1 Å². The maximum Gasteiger partial charge on any atom is 0.416 e. The summed E-state index contributed by atoms with van der Waals surface area (Å²) in [5, 5.41) is 11.2. The van der Waals surface area contributed by atoms with E-state index in [1.807, 2.05) is 0 Å². The summed E-state index contributed by atoms with van der Waals surface area (Å²) in [6.45, 7) is 0. The van der Waals surface area contributed by atoms with Crippen molar-refractivity contribution in [3.8, 4) is 11.4 Å². The van der Waals surface area contributed by atoms with Gasteiger partial charge in [-0.1, -0.05) is 6.07 Å². The largest absolute Gasteiger partial charge is 0.494 e. The lowest BCUT2D eigenvalue weighted by Crippen LogP contribution is -2.26. The highest BCUT2D eigenvalue weighted by atomic mass is 19.4. The third-order valence-corrected chi connectivity index (χ3v) is 2.79. The Bertz CT molecular complexity index is 784. The van der Waals surface area contributed by atoms with Crippen LogP contribution in [0.2, 0.25) is 0 Å². The summed E-state index contributed by atoms with van der Waals surface area (Å²) in [6.07, 6.45) is -4.55. The second kappa shape index (κ2) is 5.51. The van der Waals surface area contributed by atoms with Gasteiger partial charge in [-0.25, -0.2) is 0 Å². The van der Waals surface area contributed by atoms with Gasteiger partial charge in [0.1, 0.15) is 5.84 Å². The third kappa shape index (κ3) is 2.92. The van der Waals surface area contributed by atoms with E-state index in [2.05, 4.69) is 5.10 Å². The minimum Gasteiger partial charge on any atom is -0.494 e. The quantitative estimate of drug-likeness (QED) is 0.664. The Morgan fingerprint density at radius 2 is 2.05 bits per heavy atom. The van der Waals surface area contributed by atoms with Crippen LogP contribution in [-0.4, -0.2) is 22.7 Å². The maximum atomic E-state index is 12.7. The lowest BCUT2D eigenvalue weighted by atomic mass is 10.2. The fourth-order valence-corrected chi connectivity index (χ4v) is 1.78. The van der Waals surface area contributed by atoms with Gasteiger partial charge in [-0.2, -0.15) is 23.0 Å². The molecule has 0 fully saturated rings. The molecule has 0 radical (unpaired) electrons. The third-order valence-electron chi connectivity index (χ3n) is 2.79. The Hall–Kier alpha value is -2.84. The van der Waals surface area contributed by atoms with Crippen LogP contribution >= 0.6 is 0 Å². The van der Waals surface area contributed by atoms with Crippen LogP contribution in [0.3, 0.4) is 0 Å². The summed E-state index contributed by atoms with van der Waals surface area (Å²) >= 11 is 0. The van der Waals surface area contributed by atoms with Gasteiger partial charge in [0.05, 0.1) is 18.4 Å². The number of methoxy groups -OCH3 is 1. The molecule has 1 aromatic heterocycles. The van der Waals surface area contributed by atoms with Gasteiger partial charge in [0.2, 0.25) is 0 Å². The number of benzene rings is 1. The van der Waals surface area contributed by atoms with Crippen molar-refractivity contribution >= 4 is 5.84 Å². The van der Waals surface area contributed by atoms with Crippen molar-refractivity contribution in [2.24, 2.45) is 5.73 Å². The van der Waals surface area contributed by atoms with Crippen LogP contribution in [0.5, 0.6) is 5.75 Å². The standard InChI is InChI=1S/C13H11F3N4O2/c1-22-9-6-10(21)20(19-11(9)12(17)18)8-4-2-3-7(5-8)13(14,15)16/h2-6H,1H3,(H3,17,18). The molecular weight excluding hydrogens is 301 g/mol. The summed E-state index contributed by atoms with van der Waals surface area (Å²) in [5.74, 6) is -0.502. The molecule has 0 spiro atoms. The number of nitrogens with two attached hydrogens (primary N) is 1. The molecule has 0 saturated heterocycles. The number of ether oxygens (including phenoxy) is 1. The minimum absolute atomic E-state index is 0.0271. The molecule has 3 N–H and O–H groups in total. The average molecular weight is 312 g/mol. The first-order valence-corrected chi connectivity index (χ1v) is 5.94. The van der Waals surface area contributed by atoms with Crippen molar-refractivity contribution in [1.82, 2.24) is 9.78 Å². The Labute approximate surface area is 122 Å². The van der Waals surface area contributed by atoms with E-state index in [9.17, 15) is 18.0 Å². The number of nitrogens with zero attached hydrogens (tertiary/aromatic N) is 2. The summed E-state index contributed by atoms with van der Waals surface area (Å²) in [7, 11) is 1.26. The zero-order valence-corrected chi connectivity index (χ0v) is 11.3. The molecule has 1 heterocycles. The van der Waals surface area contributed by atoms with Gasteiger partial charge in [-0.15, -0.1) is 0 Å². The molecule has 0 atom stereocenters. The number of nitrogens with one attached hydrogen (secondary N) is 1. The van der Waals surface area contributed by atoms with E-state index in [1.165, 1.54) is 13.2 Å². The number of rotatable bonds is 3. The first kappa shape index (κ1) is 15.5. The number of hydrogen-bond acceptors (Lipinski definition) is 4. The van der Waals surface area contributed by atoms with Crippen molar-refractivity contribution in [2.75, 3.05) is 7.11 Å². The first-order chi connectivity index (χ1) is 10.2. The number of aromatic nitrogens is 2.